The van der Waals surface area contributed by atoms with Crippen molar-refractivity contribution >= 4 is 98.0 Å². The highest BCUT2D eigenvalue weighted by Crippen LogP contribution is 2.48. The molecule has 23 heteroatoms. The van der Waals surface area contributed by atoms with Crippen LogP contribution in [0.4, 0.5) is 56.9 Å². The van der Waals surface area contributed by atoms with E-state index in [0.29, 0.717) is 23.1 Å². The van der Waals surface area contributed by atoms with Crippen LogP contribution in [-0.2, 0) is 30.4 Å². The molecule has 58 heavy (non-hydrogen) atoms. The third kappa shape index (κ3) is 9.04. The molecule has 0 heterocycles. The van der Waals surface area contributed by atoms with Gasteiger partial charge in [-0.3, -0.25) is 13.7 Å². The van der Waals surface area contributed by atoms with Gasteiger partial charge in [-0.1, -0.05) is 12.1 Å². The van der Waals surface area contributed by atoms with Gasteiger partial charge in [-0.15, -0.1) is 15.3 Å². The summed E-state index contributed by atoms with van der Waals surface area (Å²) in [6.45, 7) is 1.75. The van der Waals surface area contributed by atoms with Crippen molar-refractivity contribution < 1.29 is 49.1 Å². The number of fused-ring (bicyclic) bond motifs is 1. The zero-order valence-electron chi connectivity index (χ0n) is 29.5. The van der Waals surface area contributed by atoms with E-state index in [2.05, 4.69) is 36.0 Å². The molecule has 20 nitrogen and oxygen atoms in total. The lowest BCUT2D eigenvalue weighted by Crippen LogP contribution is -2.04. The van der Waals surface area contributed by atoms with Crippen molar-refractivity contribution in [2.24, 2.45) is 30.7 Å². The first-order chi connectivity index (χ1) is 27.2. The highest BCUT2D eigenvalue weighted by Gasteiger charge is 2.28. The molecule has 0 radical (unpaired) electrons. The van der Waals surface area contributed by atoms with Crippen LogP contribution < -0.4 is 16.8 Å². The van der Waals surface area contributed by atoms with Gasteiger partial charge in [0.2, 0.25) is 0 Å². The maximum Gasteiger partial charge on any atom is 0.296 e. The topological polar surface area (TPSA) is 342 Å². The van der Waals surface area contributed by atoms with Crippen LogP contribution in [0.15, 0.2) is 142 Å². The van der Waals surface area contributed by atoms with E-state index in [0.717, 1.165) is 17.7 Å². The predicted octanol–water partition coefficient (Wildman–Crippen LogP) is 8.45. The number of phenols is 2. The van der Waals surface area contributed by atoms with Crippen LogP contribution in [0.3, 0.4) is 0 Å². The number of nitrogens with one attached hydrogen (secondary N) is 1. The van der Waals surface area contributed by atoms with E-state index in [4.69, 9.17) is 11.5 Å². The molecule has 6 aromatic carbocycles. The van der Waals surface area contributed by atoms with Gasteiger partial charge < -0.3 is 27.0 Å². The summed E-state index contributed by atoms with van der Waals surface area (Å²) >= 11 is 0. The third-order valence-corrected chi connectivity index (χ3v) is 10.7. The molecule has 0 aliphatic rings. The lowest BCUT2D eigenvalue weighted by atomic mass is 10.1. The molecule has 0 saturated heterocycles. The molecule has 0 unspecified atom stereocenters. The molecule has 0 spiro atoms. The average Bonchev–Trinajstić information content (AvgIpc) is 3.13. The Labute approximate surface area is 329 Å². The minimum absolute atomic E-state index is 0.0384. The van der Waals surface area contributed by atoms with Gasteiger partial charge >= 0.3 is 0 Å². The first-order valence-electron chi connectivity index (χ1n) is 16.1. The second-order valence-electron chi connectivity index (χ2n) is 12.3. The quantitative estimate of drug-likeness (QED) is 0.0344. The van der Waals surface area contributed by atoms with Gasteiger partial charge in [-0.05, 0) is 96.7 Å². The summed E-state index contributed by atoms with van der Waals surface area (Å²) < 4.78 is 105. The molecular formula is C35H29N9O11S3. The van der Waals surface area contributed by atoms with Crippen molar-refractivity contribution in [3.8, 4) is 11.5 Å². The first-order valence-corrected chi connectivity index (χ1v) is 20.5. The first kappa shape index (κ1) is 40.8. The molecule has 6 aromatic rings. The van der Waals surface area contributed by atoms with E-state index in [-0.39, 0.29) is 28.5 Å². The molecule has 0 aromatic heterocycles. The number of azo groups is 3. The van der Waals surface area contributed by atoms with Crippen LogP contribution in [0, 0.1) is 6.92 Å². The van der Waals surface area contributed by atoms with Crippen LogP contribution in [0.1, 0.15) is 5.56 Å². The Morgan fingerprint density at radius 2 is 1.14 bits per heavy atom. The largest absolute Gasteiger partial charge is 0.508 e. The fourth-order valence-corrected chi connectivity index (χ4v) is 7.41. The third-order valence-electron chi connectivity index (χ3n) is 8.08. The van der Waals surface area contributed by atoms with Gasteiger partial charge in [0.15, 0.2) is 5.75 Å². The Morgan fingerprint density at radius 1 is 0.569 bits per heavy atom. The van der Waals surface area contributed by atoms with E-state index >= 15 is 0 Å². The van der Waals surface area contributed by atoms with Gasteiger partial charge in [-0.25, -0.2) is 0 Å². The molecule has 0 amide bonds. The van der Waals surface area contributed by atoms with Gasteiger partial charge in [0.1, 0.15) is 37.5 Å². The summed E-state index contributed by atoms with van der Waals surface area (Å²) in [6.07, 6.45) is 0. The fraction of sp³-hybridized carbons (Fsp3) is 0.0286. The number of rotatable bonds is 11. The second kappa shape index (κ2) is 15.6. The summed E-state index contributed by atoms with van der Waals surface area (Å²) in [6, 6.07) is 21.6. The van der Waals surface area contributed by atoms with Gasteiger partial charge in [-0.2, -0.15) is 40.6 Å². The number of hydrogen-bond donors (Lipinski definition) is 8. The molecule has 0 aliphatic heterocycles. The number of nitrogen functional groups attached to an aromatic ring is 2. The Balaban J connectivity index is 1.38. The van der Waals surface area contributed by atoms with Gasteiger partial charge in [0, 0.05) is 11.8 Å². The molecule has 0 atom stereocenters. The molecule has 0 fully saturated rings. The fourth-order valence-electron chi connectivity index (χ4n) is 5.41. The maximum absolute atomic E-state index is 12.5. The van der Waals surface area contributed by atoms with Crippen molar-refractivity contribution in [1.82, 2.24) is 0 Å². The van der Waals surface area contributed by atoms with Crippen LogP contribution in [0.25, 0.3) is 10.8 Å². The van der Waals surface area contributed by atoms with Crippen molar-refractivity contribution in [3.63, 3.8) is 0 Å². The zero-order valence-corrected chi connectivity index (χ0v) is 31.9. The molecule has 0 aliphatic carbocycles. The number of phenolic OH excluding ortho intramolecular Hbond substituents is 2. The zero-order chi connectivity index (χ0) is 42.2. The summed E-state index contributed by atoms with van der Waals surface area (Å²) in [5.74, 6) is -1.01. The van der Waals surface area contributed by atoms with Crippen molar-refractivity contribution in [1.29, 1.82) is 0 Å². The van der Waals surface area contributed by atoms with E-state index in [1.54, 1.807) is 25.1 Å². The minimum Gasteiger partial charge on any atom is -0.508 e. The molecule has 298 valence electrons. The Morgan fingerprint density at radius 3 is 1.74 bits per heavy atom. The van der Waals surface area contributed by atoms with Gasteiger partial charge in [0.25, 0.3) is 30.4 Å². The SMILES string of the molecule is Cc1cccc(N=Nc2c(S(=O)(=O)O)cc3cc(S(=O)(=O)O)c(N=Nc4ccc(Nc5ccc(N=Nc6ccc(O)cc6N)cc5)c(S(=O)(=O)O)c4)c(N)c3c2O)c1. The normalized spacial score (nSPS) is 12.6. The number of aromatic hydroxyl groups is 2. The van der Waals surface area contributed by atoms with E-state index in [1.807, 2.05) is 0 Å². The summed E-state index contributed by atoms with van der Waals surface area (Å²) in [5, 5.41) is 46.4. The number of anilines is 4. The Bertz CT molecular complexity index is 3070. The Kier molecular flexibility index (Phi) is 10.9. The summed E-state index contributed by atoms with van der Waals surface area (Å²) in [4.78, 5) is -2.68. The predicted molar refractivity (Wildman–Crippen MR) is 212 cm³/mol. The van der Waals surface area contributed by atoms with E-state index < -0.39 is 78.6 Å². The van der Waals surface area contributed by atoms with Crippen LogP contribution in [0.2, 0.25) is 0 Å². The lowest BCUT2D eigenvalue weighted by molar-refractivity contribution is 0.472. The van der Waals surface area contributed by atoms with E-state index in [9.17, 15) is 49.1 Å². The number of nitrogens with zero attached hydrogens (tertiary/aromatic N) is 6. The van der Waals surface area contributed by atoms with E-state index in [1.165, 1.54) is 60.7 Å². The van der Waals surface area contributed by atoms with Crippen molar-refractivity contribution in [2.45, 2.75) is 21.6 Å². The van der Waals surface area contributed by atoms with Crippen LogP contribution in [0.5, 0.6) is 11.5 Å². The molecule has 0 saturated carbocycles. The van der Waals surface area contributed by atoms with Crippen LogP contribution >= 0.6 is 0 Å². The molecule has 0 bridgehead atoms. The highest BCUT2D eigenvalue weighted by atomic mass is 32.2. The summed E-state index contributed by atoms with van der Waals surface area (Å²) in [7, 11) is -15.3. The number of aryl methyl sites for hydroxylation is 1. The van der Waals surface area contributed by atoms with Gasteiger partial charge in [0.05, 0.1) is 39.5 Å². The standard InChI is InChI=1S/C35H29N9O11S3/c1-18-3-2-4-22(13-18)40-44-34-30(58(53,54)55)15-19-14-29(57(50,51)52)33(32(37)31(19)35(34)46)43-41-23-9-11-27(28(16-23)56(47,48)49)38-20-5-7-21(8-6-20)39-42-26-12-10-24(45)17-25(26)36/h2-17,38,45-46H,36-37H2,1H3,(H,47,48,49)(H,50,51,52)(H,53,54,55). The van der Waals surface area contributed by atoms with Crippen LogP contribution in [-0.4, -0.2) is 49.1 Å². The summed E-state index contributed by atoms with van der Waals surface area (Å²) in [5.41, 5.74) is 11.7. The number of hydrogen-bond acceptors (Lipinski definition) is 17. The number of nitrogens with two attached hydrogens (primary N) is 2. The van der Waals surface area contributed by atoms with Crippen molar-refractivity contribution in [3.05, 3.63) is 103 Å². The number of benzene rings is 6. The monoisotopic (exact) mass is 847 g/mol. The Hall–Kier alpha value is -6.89. The highest BCUT2D eigenvalue weighted by molar-refractivity contribution is 7.86. The minimum atomic E-state index is -5.21. The molecular weight excluding hydrogens is 819 g/mol. The smallest absolute Gasteiger partial charge is 0.296 e. The molecule has 6 rings (SSSR count). The molecule has 10 N–H and O–H groups in total. The van der Waals surface area contributed by atoms with Crippen molar-refractivity contribution in [2.75, 3.05) is 16.8 Å². The lowest BCUT2D eigenvalue weighted by Gasteiger charge is -2.14. The maximum atomic E-state index is 12.5. The average molecular weight is 848 g/mol. The second-order valence-corrected chi connectivity index (χ2v) is 16.4.